The zero-order chi connectivity index (χ0) is 10.4. The van der Waals surface area contributed by atoms with Crippen molar-refractivity contribution in [3.63, 3.8) is 0 Å². The number of nitrogens with zero attached hydrogens (tertiary/aromatic N) is 2. The monoisotopic (exact) mass is 190 g/mol. The van der Waals surface area contributed by atoms with Crippen LogP contribution in [0.1, 0.15) is 32.4 Å². The Kier molecular flexibility index (Phi) is 4.17. The molecule has 0 unspecified atom stereocenters. The summed E-state index contributed by atoms with van der Waals surface area (Å²) in [5.74, 6) is 0. The number of hydrogen-bond donors (Lipinski definition) is 0. The van der Waals surface area contributed by atoms with Gasteiger partial charge in [0.05, 0.1) is 5.69 Å². The van der Waals surface area contributed by atoms with Crippen molar-refractivity contribution in [1.29, 1.82) is 0 Å². The second-order valence-electron chi connectivity index (χ2n) is 3.35. The first-order valence-corrected chi connectivity index (χ1v) is 5.18. The van der Waals surface area contributed by atoms with E-state index in [4.69, 9.17) is 0 Å². The lowest BCUT2D eigenvalue weighted by atomic mass is 10.4. The molecule has 14 heavy (non-hydrogen) atoms. The predicted molar refractivity (Wildman–Crippen MR) is 60.5 cm³/mol. The molecule has 0 atom stereocenters. The third kappa shape index (κ3) is 2.87. The van der Waals surface area contributed by atoms with Crippen LogP contribution < -0.4 is 0 Å². The molecule has 0 amide bonds. The number of rotatable bonds is 1. The molecule has 0 fully saturated rings. The topological polar surface area (TPSA) is 17.3 Å². The van der Waals surface area contributed by atoms with Crippen molar-refractivity contribution in [2.75, 3.05) is 0 Å². The summed E-state index contributed by atoms with van der Waals surface area (Å²) in [5, 5.41) is 0. The molecule has 0 spiro atoms. The van der Waals surface area contributed by atoms with E-state index in [1.54, 1.807) is 0 Å². The van der Waals surface area contributed by atoms with Gasteiger partial charge >= 0.3 is 0 Å². The van der Waals surface area contributed by atoms with Crippen LogP contribution in [-0.2, 0) is 0 Å². The Morgan fingerprint density at radius 3 is 2.50 bits per heavy atom. The Labute approximate surface area is 85.6 Å². The second kappa shape index (κ2) is 5.43. The quantitative estimate of drug-likeness (QED) is 0.673. The number of hydrogen-bond acceptors (Lipinski definition) is 1. The van der Waals surface area contributed by atoms with Gasteiger partial charge in [-0.25, -0.2) is 4.98 Å². The second-order valence-corrected chi connectivity index (χ2v) is 3.35. The molecule has 76 valence electrons. The molecular weight excluding hydrogens is 172 g/mol. The van der Waals surface area contributed by atoms with Gasteiger partial charge in [-0.2, -0.15) is 0 Å². The largest absolute Gasteiger partial charge is 0.307 e. The van der Waals surface area contributed by atoms with Gasteiger partial charge in [-0.1, -0.05) is 32.8 Å². The molecule has 0 aliphatic heterocycles. The van der Waals surface area contributed by atoms with Gasteiger partial charge in [-0.15, -0.1) is 0 Å². The van der Waals surface area contributed by atoms with Crippen molar-refractivity contribution in [3.8, 4) is 0 Å². The minimum atomic E-state index is 1.01. The first kappa shape index (κ1) is 10.8. The van der Waals surface area contributed by atoms with Crippen LogP contribution in [0.3, 0.4) is 0 Å². The minimum absolute atomic E-state index is 1.01. The van der Waals surface area contributed by atoms with Crippen molar-refractivity contribution in [2.24, 2.45) is 0 Å². The van der Waals surface area contributed by atoms with Crippen LogP contribution in [0.5, 0.6) is 0 Å². The Morgan fingerprint density at radius 1 is 1.21 bits per heavy atom. The molecule has 0 aliphatic rings. The third-order valence-corrected chi connectivity index (χ3v) is 1.98. The molecule has 0 saturated heterocycles. The van der Waals surface area contributed by atoms with Gasteiger partial charge in [0.1, 0.15) is 5.65 Å². The van der Waals surface area contributed by atoms with E-state index in [-0.39, 0.29) is 0 Å². The molecule has 2 rings (SSSR count). The molecule has 0 radical (unpaired) electrons. The maximum Gasteiger partial charge on any atom is 0.136 e. The van der Waals surface area contributed by atoms with Crippen LogP contribution >= 0.6 is 0 Å². The van der Waals surface area contributed by atoms with Crippen molar-refractivity contribution in [2.45, 2.75) is 33.6 Å². The lowest BCUT2D eigenvalue weighted by Gasteiger charge is -1.86. The number of aromatic nitrogens is 2. The molecule has 0 aliphatic carbocycles. The summed E-state index contributed by atoms with van der Waals surface area (Å²) in [5.41, 5.74) is 2.08. The summed E-state index contributed by atoms with van der Waals surface area (Å²) in [6.45, 7) is 6.35. The number of fused-ring (bicyclic) bond motifs is 1. The van der Waals surface area contributed by atoms with Crippen LogP contribution in [0.4, 0.5) is 0 Å². The average Bonchev–Trinajstić information content (AvgIpc) is 2.58. The third-order valence-electron chi connectivity index (χ3n) is 1.98. The van der Waals surface area contributed by atoms with Crippen molar-refractivity contribution in [3.05, 3.63) is 36.3 Å². The highest BCUT2D eigenvalue weighted by Crippen LogP contribution is 2.01. The standard InChI is InChI=1S/C8H8N2.C4H10/c1-7-6-10-5-3-2-4-8(10)9-7;1-3-4-2/h2-6H,1H3;3-4H2,1-2H3. The normalized spacial score (nSPS) is 9.64. The van der Waals surface area contributed by atoms with Gasteiger partial charge < -0.3 is 4.40 Å². The van der Waals surface area contributed by atoms with Gasteiger partial charge in [0.15, 0.2) is 0 Å². The average molecular weight is 190 g/mol. The van der Waals surface area contributed by atoms with Gasteiger partial charge in [0.2, 0.25) is 0 Å². The van der Waals surface area contributed by atoms with E-state index in [9.17, 15) is 0 Å². The number of aryl methyl sites for hydroxylation is 1. The van der Waals surface area contributed by atoms with E-state index >= 15 is 0 Å². The molecule has 0 aromatic carbocycles. The zero-order valence-corrected chi connectivity index (χ0v) is 9.20. The highest BCUT2D eigenvalue weighted by Gasteiger charge is 1.92. The van der Waals surface area contributed by atoms with Gasteiger partial charge in [0.25, 0.3) is 0 Å². The smallest absolute Gasteiger partial charge is 0.136 e. The lowest BCUT2D eigenvalue weighted by Crippen LogP contribution is -1.77. The fraction of sp³-hybridized carbons (Fsp3) is 0.417. The Hall–Kier alpha value is -1.31. The van der Waals surface area contributed by atoms with E-state index in [0.29, 0.717) is 0 Å². The summed E-state index contributed by atoms with van der Waals surface area (Å²) >= 11 is 0. The Bertz CT molecular complexity index is 341. The van der Waals surface area contributed by atoms with Crippen LogP contribution in [0.25, 0.3) is 5.65 Å². The summed E-state index contributed by atoms with van der Waals surface area (Å²) in [4.78, 5) is 4.28. The summed E-state index contributed by atoms with van der Waals surface area (Å²) in [6, 6.07) is 5.98. The van der Waals surface area contributed by atoms with Crippen LogP contribution in [0, 0.1) is 6.92 Å². The number of imidazole rings is 1. The predicted octanol–water partition coefficient (Wildman–Crippen LogP) is 3.45. The van der Waals surface area contributed by atoms with Crippen LogP contribution in [0.15, 0.2) is 30.6 Å². The van der Waals surface area contributed by atoms with E-state index in [1.807, 2.05) is 41.9 Å². The van der Waals surface area contributed by atoms with Crippen LogP contribution in [0.2, 0.25) is 0 Å². The fourth-order valence-electron chi connectivity index (χ4n) is 1.06. The van der Waals surface area contributed by atoms with E-state index in [2.05, 4.69) is 18.8 Å². The molecule has 0 saturated carbocycles. The maximum absolute atomic E-state index is 4.28. The highest BCUT2D eigenvalue weighted by molar-refractivity contribution is 5.38. The summed E-state index contributed by atoms with van der Waals surface area (Å²) in [6.07, 6.45) is 6.64. The van der Waals surface area contributed by atoms with E-state index in [0.717, 1.165) is 11.3 Å². The number of pyridine rings is 1. The zero-order valence-electron chi connectivity index (χ0n) is 9.20. The first-order chi connectivity index (χ1) is 6.77. The fourth-order valence-corrected chi connectivity index (χ4v) is 1.06. The molecule has 2 aromatic heterocycles. The first-order valence-electron chi connectivity index (χ1n) is 5.18. The number of unbranched alkanes of at least 4 members (excludes halogenated alkanes) is 1. The molecule has 0 bridgehead atoms. The maximum atomic E-state index is 4.28. The van der Waals surface area contributed by atoms with Crippen molar-refractivity contribution in [1.82, 2.24) is 9.38 Å². The van der Waals surface area contributed by atoms with E-state index < -0.39 is 0 Å². The Morgan fingerprint density at radius 2 is 1.93 bits per heavy atom. The molecular formula is C12H18N2. The molecule has 2 aromatic rings. The van der Waals surface area contributed by atoms with Gasteiger partial charge in [-0.3, -0.25) is 0 Å². The summed E-state index contributed by atoms with van der Waals surface area (Å²) in [7, 11) is 0. The van der Waals surface area contributed by atoms with Crippen LogP contribution in [-0.4, -0.2) is 9.38 Å². The highest BCUT2D eigenvalue weighted by atomic mass is 15.0. The van der Waals surface area contributed by atoms with Gasteiger partial charge in [0, 0.05) is 12.4 Å². The van der Waals surface area contributed by atoms with Crippen molar-refractivity contribution >= 4 is 5.65 Å². The SMILES string of the molecule is CCCC.Cc1cn2ccccc2n1. The molecule has 2 heteroatoms. The molecule has 2 nitrogen and oxygen atoms in total. The minimum Gasteiger partial charge on any atom is -0.307 e. The van der Waals surface area contributed by atoms with E-state index in [1.165, 1.54) is 12.8 Å². The Balaban J connectivity index is 0.000000213. The molecule has 2 heterocycles. The van der Waals surface area contributed by atoms with Gasteiger partial charge in [-0.05, 0) is 19.1 Å². The summed E-state index contributed by atoms with van der Waals surface area (Å²) < 4.78 is 2.01. The lowest BCUT2D eigenvalue weighted by molar-refractivity contribution is 0.886. The van der Waals surface area contributed by atoms with Crippen molar-refractivity contribution < 1.29 is 0 Å². The molecule has 0 N–H and O–H groups in total.